The number of likely N-dealkylation sites (tertiary alicyclic amines) is 1. The first-order chi connectivity index (χ1) is 16.3. The van der Waals surface area contributed by atoms with Crippen LogP contribution in [-0.4, -0.2) is 89.0 Å². The summed E-state index contributed by atoms with van der Waals surface area (Å²) >= 11 is 0. The molecule has 0 saturated carbocycles. The van der Waals surface area contributed by atoms with Crippen molar-refractivity contribution in [1.29, 1.82) is 0 Å². The third-order valence-corrected chi connectivity index (χ3v) is 6.39. The smallest absolute Gasteiger partial charge is 0.354 e. The van der Waals surface area contributed by atoms with Crippen molar-refractivity contribution < 1.29 is 29.0 Å². The molecule has 4 heterocycles. The van der Waals surface area contributed by atoms with Gasteiger partial charge in [-0.2, -0.15) is 0 Å². The van der Waals surface area contributed by atoms with Crippen molar-refractivity contribution >= 4 is 23.4 Å². The van der Waals surface area contributed by atoms with Gasteiger partial charge in [-0.3, -0.25) is 19.5 Å². The molecular weight excluding hydrogens is 440 g/mol. The summed E-state index contributed by atoms with van der Waals surface area (Å²) in [4.78, 5) is 49.1. The van der Waals surface area contributed by atoms with Gasteiger partial charge in [-0.1, -0.05) is 0 Å². The molecule has 0 spiro atoms. The van der Waals surface area contributed by atoms with Crippen LogP contribution in [0.3, 0.4) is 0 Å². The lowest BCUT2D eigenvalue weighted by Crippen LogP contribution is -2.42. The molecule has 2 aliphatic rings. The second-order valence-corrected chi connectivity index (χ2v) is 8.34. The van der Waals surface area contributed by atoms with E-state index in [4.69, 9.17) is 9.47 Å². The Labute approximate surface area is 197 Å². The van der Waals surface area contributed by atoms with Crippen LogP contribution in [0.4, 0.5) is 0 Å². The summed E-state index contributed by atoms with van der Waals surface area (Å²) in [5, 5.41) is 11.4. The molecule has 10 nitrogen and oxygen atoms in total. The van der Waals surface area contributed by atoms with Crippen molar-refractivity contribution in [3.8, 4) is 0 Å². The molecule has 1 amide bonds. The summed E-state index contributed by atoms with van der Waals surface area (Å²) in [7, 11) is 1.26. The maximum absolute atomic E-state index is 13.2. The number of Topliss-reactive ketones (excluding diaryl/α,β-unsaturated/α-hetero) is 1. The number of nitrogens with zero attached hydrogens (tertiary/aromatic N) is 3. The molecule has 0 aliphatic carbocycles. The Morgan fingerprint density at radius 3 is 2.53 bits per heavy atom. The number of hydrogen-bond acceptors (Lipinski definition) is 8. The molecule has 0 unspecified atom stereocenters. The minimum absolute atomic E-state index is 0.0141. The summed E-state index contributed by atoms with van der Waals surface area (Å²) in [5.41, 5.74) is 2.07. The molecule has 0 aromatic carbocycles. The van der Waals surface area contributed by atoms with Crippen LogP contribution in [0.25, 0.3) is 5.76 Å². The average Bonchev–Trinajstić information content (AvgIpc) is 3.30. The van der Waals surface area contributed by atoms with E-state index in [9.17, 15) is 19.5 Å². The third-order valence-electron chi connectivity index (χ3n) is 6.39. The predicted octanol–water partition coefficient (Wildman–Crippen LogP) is 1.57. The van der Waals surface area contributed by atoms with Crippen molar-refractivity contribution in [1.82, 2.24) is 19.8 Å². The third kappa shape index (κ3) is 4.22. The molecule has 4 rings (SSSR count). The summed E-state index contributed by atoms with van der Waals surface area (Å²) in [6.07, 6.45) is 3.17. The predicted molar refractivity (Wildman–Crippen MR) is 122 cm³/mol. The standard InChI is InChI=1S/C24H28N4O6/c1-14-17(15(2)26-19(14)24(32)33-3)21(29)18-20(16-4-6-25-7-5-16)28(23(31)22(18)30)9-8-27-10-12-34-13-11-27/h4-7,20,26,29H,8-13H2,1-3H3/t20-/m1/s1. The normalized spacial score (nSPS) is 20.7. The van der Waals surface area contributed by atoms with Crippen molar-refractivity contribution in [3.05, 3.63) is 58.2 Å². The van der Waals surface area contributed by atoms with E-state index in [1.54, 1.807) is 38.4 Å². The molecule has 34 heavy (non-hydrogen) atoms. The van der Waals surface area contributed by atoms with Crippen LogP contribution in [0, 0.1) is 13.8 Å². The number of methoxy groups -OCH3 is 1. The van der Waals surface area contributed by atoms with Gasteiger partial charge < -0.3 is 24.5 Å². The highest BCUT2D eigenvalue weighted by Crippen LogP contribution is 2.40. The summed E-state index contributed by atoms with van der Waals surface area (Å²) in [6, 6.07) is 2.67. The minimum atomic E-state index is -0.778. The molecule has 1 atom stereocenters. The Balaban J connectivity index is 1.78. The zero-order chi connectivity index (χ0) is 24.4. The molecule has 10 heteroatoms. The monoisotopic (exact) mass is 468 g/mol. The summed E-state index contributed by atoms with van der Waals surface area (Å²) < 4.78 is 10.2. The van der Waals surface area contributed by atoms with E-state index >= 15 is 0 Å². The van der Waals surface area contributed by atoms with E-state index in [2.05, 4.69) is 14.9 Å². The number of carbonyl (C=O) groups is 3. The first kappa shape index (κ1) is 23.7. The second-order valence-electron chi connectivity index (χ2n) is 8.34. The number of nitrogens with one attached hydrogen (secondary N) is 1. The Bertz CT molecular complexity index is 1130. The number of aliphatic hydroxyl groups is 1. The summed E-state index contributed by atoms with van der Waals surface area (Å²) in [6.45, 7) is 6.98. The molecule has 2 N–H and O–H groups in total. The van der Waals surface area contributed by atoms with Crippen LogP contribution in [0.15, 0.2) is 30.1 Å². The summed E-state index contributed by atoms with van der Waals surface area (Å²) in [5.74, 6) is -2.34. The van der Waals surface area contributed by atoms with Gasteiger partial charge in [0.05, 0.1) is 31.9 Å². The molecule has 0 radical (unpaired) electrons. The number of amides is 1. The van der Waals surface area contributed by atoms with Crippen molar-refractivity contribution in [2.75, 3.05) is 46.5 Å². The van der Waals surface area contributed by atoms with E-state index < -0.39 is 23.7 Å². The van der Waals surface area contributed by atoms with Gasteiger partial charge in [0.15, 0.2) is 0 Å². The number of aromatic nitrogens is 2. The molecule has 0 bridgehead atoms. The zero-order valence-corrected chi connectivity index (χ0v) is 19.5. The number of H-pyrrole nitrogens is 1. The zero-order valence-electron chi connectivity index (χ0n) is 19.5. The van der Waals surface area contributed by atoms with Gasteiger partial charge in [0.25, 0.3) is 11.7 Å². The molecule has 2 aromatic rings. The van der Waals surface area contributed by atoms with Crippen molar-refractivity contribution in [2.24, 2.45) is 0 Å². The van der Waals surface area contributed by atoms with E-state index in [0.29, 0.717) is 48.7 Å². The number of ketones is 1. The van der Waals surface area contributed by atoms with Crippen LogP contribution in [-0.2, 0) is 19.1 Å². The SMILES string of the molecule is COC(=O)c1[nH]c(C)c(C(O)=C2C(=O)C(=O)N(CCN3CCOCC3)[C@@H]2c2ccncc2)c1C. The van der Waals surface area contributed by atoms with Crippen LogP contribution in [0.2, 0.25) is 0 Å². The number of aromatic amines is 1. The number of hydrogen-bond donors (Lipinski definition) is 2. The first-order valence-corrected chi connectivity index (χ1v) is 11.1. The fourth-order valence-electron chi connectivity index (χ4n) is 4.62. The number of aliphatic hydroxyl groups excluding tert-OH is 1. The number of morpholine rings is 1. The van der Waals surface area contributed by atoms with E-state index in [0.717, 1.165) is 13.1 Å². The fraction of sp³-hybridized carbons (Fsp3) is 0.417. The van der Waals surface area contributed by atoms with Gasteiger partial charge >= 0.3 is 5.97 Å². The number of carbonyl (C=O) groups excluding carboxylic acids is 3. The van der Waals surface area contributed by atoms with Gasteiger partial charge in [0.1, 0.15) is 11.5 Å². The van der Waals surface area contributed by atoms with Crippen LogP contribution in [0.1, 0.15) is 38.9 Å². The molecule has 2 saturated heterocycles. The van der Waals surface area contributed by atoms with Gasteiger partial charge in [0, 0.05) is 49.8 Å². The minimum Gasteiger partial charge on any atom is -0.507 e. The Hall–Kier alpha value is -3.50. The van der Waals surface area contributed by atoms with Crippen molar-refractivity contribution in [2.45, 2.75) is 19.9 Å². The number of rotatable bonds is 6. The van der Waals surface area contributed by atoms with Gasteiger partial charge in [-0.15, -0.1) is 0 Å². The fourth-order valence-corrected chi connectivity index (χ4v) is 4.62. The maximum atomic E-state index is 13.2. The van der Waals surface area contributed by atoms with E-state index in [-0.39, 0.29) is 17.0 Å². The quantitative estimate of drug-likeness (QED) is 0.283. The van der Waals surface area contributed by atoms with Crippen LogP contribution >= 0.6 is 0 Å². The molecule has 180 valence electrons. The molecular formula is C24H28N4O6. The molecule has 2 aromatic heterocycles. The number of ether oxygens (including phenoxy) is 2. The highest BCUT2D eigenvalue weighted by molar-refractivity contribution is 6.46. The molecule has 2 fully saturated rings. The Morgan fingerprint density at radius 2 is 1.88 bits per heavy atom. The van der Waals surface area contributed by atoms with E-state index in [1.807, 2.05) is 0 Å². The maximum Gasteiger partial charge on any atom is 0.354 e. The molecule has 2 aliphatic heterocycles. The second kappa shape index (κ2) is 9.78. The van der Waals surface area contributed by atoms with Crippen LogP contribution < -0.4 is 0 Å². The van der Waals surface area contributed by atoms with Crippen molar-refractivity contribution in [3.63, 3.8) is 0 Å². The average molecular weight is 469 g/mol. The van der Waals surface area contributed by atoms with Crippen LogP contribution in [0.5, 0.6) is 0 Å². The number of aryl methyl sites for hydroxylation is 1. The highest BCUT2D eigenvalue weighted by Gasteiger charge is 2.46. The van der Waals surface area contributed by atoms with Gasteiger partial charge in [-0.25, -0.2) is 4.79 Å². The van der Waals surface area contributed by atoms with Gasteiger partial charge in [0.2, 0.25) is 0 Å². The lowest BCUT2D eigenvalue weighted by Gasteiger charge is -2.31. The van der Waals surface area contributed by atoms with E-state index in [1.165, 1.54) is 12.0 Å². The van der Waals surface area contributed by atoms with Gasteiger partial charge in [-0.05, 0) is 37.1 Å². The highest BCUT2D eigenvalue weighted by atomic mass is 16.5. The topological polar surface area (TPSA) is 125 Å². The lowest BCUT2D eigenvalue weighted by molar-refractivity contribution is -0.140. The number of esters is 1. The first-order valence-electron chi connectivity index (χ1n) is 11.1. The Morgan fingerprint density at radius 1 is 1.21 bits per heavy atom. The largest absolute Gasteiger partial charge is 0.507 e. The number of pyridine rings is 1. The Kier molecular flexibility index (Phi) is 6.80. The lowest BCUT2D eigenvalue weighted by atomic mass is 9.94.